The van der Waals surface area contributed by atoms with Crippen molar-refractivity contribution >= 4 is 76.2 Å². The molecule has 99 heavy (non-hydrogen) atoms. The van der Waals surface area contributed by atoms with Crippen LogP contribution in [-0.4, -0.2) is 98.6 Å². The number of aliphatic hydroxyl groups is 2. The summed E-state index contributed by atoms with van der Waals surface area (Å²) in [6.07, 6.45) is 31.3. The number of ether oxygens (including phenoxy) is 1. The number of carbonyl (C=O) groups is 5. The maximum atomic E-state index is 11.4. The molecule has 3 rings (SSSR count). The minimum atomic E-state index is -0.271. The predicted molar refractivity (Wildman–Crippen MR) is 433 cm³/mol. The second kappa shape index (κ2) is 62.7. The van der Waals surface area contributed by atoms with E-state index in [0.717, 1.165) is 44.7 Å². The van der Waals surface area contributed by atoms with Gasteiger partial charge in [-0.1, -0.05) is 262 Å². The second-order valence-electron chi connectivity index (χ2n) is 37.8. The number of esters is 1. The molecule has 12 heteroatoms. The van der Waals surface area contributed by atoms with Gasteiger partial charge in [-0.2, -0.15) is 0 Å². The van der Waals surface area contributed by atoms with Crippen LogP contribution >= 0.6 is 0 Å². The summed E-state index contributed by atoms with van der Waals surface area (Å²) in [5.41, 5.74) is 3.75. The Morgan fingerprint density at radius 1 is 0.525 bits per heavy atom. The Morgan fingerprint density at radius 2 is 0.848 bits per heavy atom. The largest absolute Gasteiger partial charge is 2.00 e. The molecule has 586 valence electrons. The number of hydrogen-bond donors (Lipinski definition) is 2. The fourth-order valence-electron chi connectivity index (χ4n) is 14.6. The van der Waals surface area contributed by atoms with Gasteiger partial charge in [-0.25, -0.2) is 0 Å². The maximum absolute atomic E-state index is 11.4. The van der Waals surface area contributed by atoms with Crippen LogP contribution in [0.25, 0.3) is 0 Å². The van der Waals surface area contributed by atoms with Gasteiger partial charge in [-0.3, -0.25) is 9.59 Å². The zero-order valence-corrected chi connectivity index (χ0v) is 77.0. The van der Waals surface area contributed by atoms with E-state index in [-0.39, 0.29) is 122 Å². The molecule has 0 aromatic heterocycles. The molecule has 3 fully saturated rings. The van der Waals surface area contributed by atoms with E-state index < -0.39 is 0 Å². The molecule has 12 atom stereocenters. The van der Waals surface area contributed by atoms with Gasteiger partial charge in [0.1, 0.15) is 29.9 Å². The Bertz CT molecular complexity index is 1990. The fraction of sp³-hybridized carbons (Fsp3) is 0.874. The number of allylic oxidation sites excluding steroid dienone is 2. The molecule has 3 aliphatic carbocycles. The van der Waals surface area contributed by atoms with Crippen molar-refractivity contribution in [2.45, 2.75) is 394 Å². The molecule has 0 aliphatic heterocycles. The molecule has 3 aliphatic rings. The van der Waals surface area contributed by atoms with Crippen LogP contribution in [0.2, 0.25) is 0 Å². The molecule has 0 bridgehead atoms. The van der Waals surface area contributed by atoms with Gasteiger partial charge in [0, 0.05) is 38.0 Å². The molecule has 0 saturated heterocycles. The first-order chi connectivity index (χ1) is 42.0. The third kappa shape index (κ3) is 77.1. The summed E-state index contributed by atoms with van der Waals surface area (Å²) in [7, 11) is 0. The van der Waals surface area contributed by atoms with Crippen LogP contribution in [0, 0.1) is 112 Å². The number of ketones is 2. The van der Waals surface area contributed by atoms with Crippen molar-refractivity contribution in [1.82, 2.24) is 0 Å². The first-order valence-corrected chi connectivity index (χ1v) is 37.7. The van der Waals surface area contributed by atoms with Crippen molar-refractivity contribution in [3.8, 4) is 0 Å². The van der Waals surface area contributed by atoms with Crippen LogP contribution in [-0.2, 0) is 28.7 Å². The third-order valence-corrected chi connectivity index (χ3v) is 19.2. The normalized spacial score (nSPS) is 21.1. The first kappa shape index (κ1) is 122. The molecule has 0 aromatic rings. The van der Waals surface area contributed by atoms with Crippen LogP contribution < -0.4 is 24.8 Å². The van der Waals surface area contributed by atoms with Crippen LogP contribution in [0.15, 0.2) is 24.5 Å². The first-order valence-electron chi connectivity index (χ1n) is 37.7. The Morgan fingerprint density at radius 3 is 1.10 bits per heavy atom. The summed E-state index contributed by atoms with van der Waals surface area (Å²) in [6.45, 7) is 76.0. The second-order valence-corrected chi connectivity index (χ2v) is 37.8. The van der Waals surface area contributed by atoms with Crippen LogP contribution in [0.5, 0.6) is 0 Å². The average molecular weight is 1470 g/mol. The number of halogens is 2. The van der Waals surface area contributed by atoms with E-state index in [1.165, 1.54) is 141 Å². The third-order valence-electron chi connectivity index (χ3n) is 19.2. The van der Waals surface area contributed by atoms with Crippen molar-refractivity contribution < 1.29 is 65.2 Å². The van der Waals surface area contributed by atoms with Crippen molar-refractivity contribution in [3.63, 3.8) is 0 Å². The van der Waals surface area contributed by atoms with E-state index in [0.29, 0.717) is 97.7 Å². The van der Waals surface area contributed by atoms with E-state index >= 15 is 0 Å². The van der Waals surface area contributed by atoms with Crippen molar-refractivity contribution in [3.05, 3.63) is 39.3 Å². The van der Waals surface area contributed by atoms with E-state index in [1.54, 1.807) is 13.8 Å². The molecule has 3 saturated carbocycles. The average Bonchev–Trinajstić information content (AvgIpc) is 0.830. The Hall–Kier alpha value is -0.338. The summed E-state index contributed by atoms with van der Waals surface area (Å²) < 4.78 is 4.93. The molecule has 2 unspecified atom stereocenters. The number of hydrogen-bond acceptors (Lipinski definition) is 8. The molecule has 8 nitrogen and oxygen atoms in total. The van der Waals surface area contributed by atoms with Crippen molar-refractivity contribution in [2.24, 2.45) is 97.1 Å². The minimum Gasteiger partial charge on any atom is -1.00 e. The Labute approximate surface area is 667 Å². The van der Waals surface area contributed by atoms with Gasteiger partial charge in [0.15, 0.2) is 0 Å². The Kier molecular flexibility index (Phi) is 77.5. The van der Waals surface area contributed by atoms with Crippen LogP contribution in [0.1, 0.15) is 384 Å². The summed E-state index contributed by atoms with van der Waals surface area (Å²) in [5, 5.41) is 18.9. The van der Waals surface area contributed by atoms with Gasteiger partial charge in [0.25, 0.3) is 0 Å². The zero-order valence-electron chi connectivity index (χ0n) is 73.7. The molecule has 2 N–H and O–H groups in total. The van der Waals surface area contributed by atoms with Gasteiger partial charge in [0.2, 0.25) is 0 Å². The molecule has 0 heterocycles. The number of rotatable bonds is 24. The summed E-state index contributed by atoms with van der Waals surface area (Å²) in [5.74, 6) is 6.32. The van der Waals surface area contributed by atoms with Crippen LogP contribution in [0.4, 0.5) is 0 Å². The van der Waals surface area contributed by atoms with E-state index in [1.807, 2.05) is 27.7 Å². The van der Waals surface area contributed by atoms with Gasteiger partial charge < -0.3 is 69.0 Å². The van der Waals surface area contributed by atoms with Gasteiger partial charge in [0.05, 0.1) is 12.2 Å². The quantitative estimate of drug-likeness (QED) is 0.0244. The molecular weight excluding hydrogens is 1290 g/mol. The number of aliphatic hydroxyl groups excluding tert-OH is 2. The predicted octanol–water partition coefficient (Wildman–Crippen LogP) is 19.5. The molecular formula is C87H173Cl2Mg2O8+. The van der Waals surface area contributed by atoms with E-state index in [9.17, 15) is 34.2 Å². The number of carbonyl (C=O) groups excluding carboxylic acids is 5. The molecule has 0 aromatic carbocycles. The monoisotopic (exact) mass is 1460 g/mol. The van der Waals surface area contributed by atoms with Gasteiger partial charge >= 0.3 is 53.5 Å². The van der Waals surface area contributed by atoms with Gasteiger partial charge in [-0.15, -0.1) is 6.58 Å². The fourth-order valence-corrected chi connectivity index (χ4v) is 14.6. The van der Waals surface area contributed by atoms with Crippen LogP contribution in [0.3, 0.4) is 0 Å². The summed E-state index contributed by atoms with van der Waals surface area (Å²) in [4.78, 5) is 53.9. The molecule has 0 spiro atoms. The van der Waals surface area contributed by atoms with Crippen molar-refractivity contribution in [2.75, 3.05) is 0 Å². The number of Topliss-reactive ketones (excluding diaryl/α,β-unsaturated/α-hetero) is 2. The molecule has 0 amide bonds. The van der Waals surface area contributed by atoms with Gasteiger partial charge in [-0.05, 0) is 191 Å². The Balaban J connectivity index is -0.0000000886. The van der Waals surface area contributed by atoms with E-state index in [4.69, 9.17) is 4.74 Å². The minimum absolute atomic E-state index is 0. The number of aldehydes is 2. The van der Waals surface area contributed by atoms with Crippen molar-refractivity contribution in [1.29, 1.82) is 0 Å². The summed E-state index contributed by atoms with van der Waals surface area (Å²) >= 11 is 0. The topological polar surface area (TPSA) is 135 Å². The summed E-state index contributed by atoms with van der Waals surface area (Å²) in [6, 6.07) is 0. The zero-order chi connectivity index (χ0) is 74.1. The standard InChI is InChI=1S/C14H26O2.C12H26O.C12H24O.C11H22O.C11H20O.C11H22O.C10H18O.C4H8.2CH3.2ClH.2Mg/c1-11(8-7-9-14(4,5)6)10-12(2)16-13(3)15;2*1-10(9-11(2)13)7-6-8-12(3,4)5;2*1-8-6-5-7-11(3,4)10(8)9(2)12;1-10(7-9-12)6-5-8-11(2,3)4;1-8-5-4-6-10(2,3)9(8)7-11;1-4(2)3;;;;;;/h11H,2,7-10H2,1,3-6H3;10-11,13H,6-9H2,1-5H3;10H,6-9H2,1-5H3;8-10,12H,5-7H2,1-4H3;8,10H,5-7H2,1-4H3;9-10H,5-8H2,1-4H3;7-9H,4-6H2,1-3H3;1H2,2-3H3;2*1H3;2*1H;;/q;;;;;;;;2*-1;;;2*+2/p-1/t11-;10-,11?;10-;8-,9?,10-;8-,10-;10-;8-,9+;;;;;;;/m1111111......./s1. The SMILES string of the molecule is C=C(C)C.C=C(C[C@H](C)CCCC(C)(C)C)OC(C)=O.CC(=O)C[C@H](C)CCCC(C)(C)C.CC(=O)[C@H]1[C@H](C)CCCC1(C)C.CC(O)C[C@H](C)CCCC(C)(C)C.CC(O)[C@H]1[C@H](C)CCCC1(C)C.C[C@@H](CC=O)CCCC(C)(C)C.C[C@@H]1CCCC(C)(C)[C@H]1C=O.[CH3-].[CH3-].[Cl-].[Cl-].[H+].[Mg+2].[Mg+2]. The smallest absolute Gasteiger partial charge is 1.00 e. The maximum Gasteiger partial charge on any atom is 2.00 e. The van der Waals surface area contributed by atoms with E-state index in [2.05, 4.69) is 186 Å². The molecule has 0 radical (unpaired) electrons.